The summed E-state index contributed by atoms with van der Waals surface area (Å²) in [6.45, 7) is 2.71. The second kappa shape index (κ2) is 6.59. The van der Waals surface area contributed by atoms with Gasteiger partial charge in [-0.1, -0.05) is 6.92 Å². The molecule has 2 aromatic heterocycles. The summed E-state index contributed by atoms with van der Waals surface area (Å²) in [6, 6.07) is 5.77. The van der Waals surface area contributed by atoms with Gasteiger partial charge in [0.15, 0.2) is 12.6 Å². The number of carbonyl (C=O) groups is 2. The maximum Gasteiger partial charge on any atom is 0.169 e. The van der Waals surface area contributed by atoms with E-state index in [0.29, 0.717) is 35.3 Å². The number of fused-ring (bicyclic) bond motifs is 1. The molecular formula is C18H16N4O2. The van der Waals surface area contributed by atoms with Gasteiger partial charge in [-0.3, -0.25) is 9.59 Å². The number of anilines is 2. The second-order valence-corrected chi connectivity index (χ2v) is 5.60. The summed E-state index contributed by atoms with van der Waals surface area (Å²) < 4.78 is 0. The Hall–Kier alpha value is -3.07. The lowest BCUT2D eigenvalue weighted by Gasteiger charge is -2.30. The van der Waals surface area contributed by atoms with Gasteiger partial charge < -0.3 is 4.90 Å². The molecule has 6 heteroatoms. The molecule has 0 bridgehead atoms. The SMILES string of the molecule is CCc1cc(N2CCCc3cc(C=O)c(C=O)nc32)ncc1C#N. The van der Waals surface area contributed by atoms with E-state index >= 15 is 0 Å². The molecule has 0 saturated heterocycles. The van der Waals surface area contributed by atoms with Crippen LogP contribution in [-0.4, -0.2) is 29.1 Å². The Balaban J connectivity index is 2.11. The minimum absolute atomic E-state index is 0.139. The highest BCUT2D eigenvalue weighted by Crippen LogP contribution is 2.32. The monoisotopic (exact) mass is 320 g/mol. The van der Waals surface area contributed by atoms with Crippen LogP contribution < -0.4 is 4.90 Å². The highest BCUT2D eigenvalue weighted by atomic mass is 16.1. The molecule has 0 spiro atoms. The zero-order valence-electron chi connectivity index (χ0n) is 13.3. The fourth-order valence-electron chi connectivity index (χ4n) is 2.96. The fraction of sp³-hybridized carbons (Fsp3) is 0.278. The molecule has 0 aromatic carbocycles. The van der Waals surface area contributed by atoms with Gasteiger partial charge in [-0.05, 0) is 42.5 Å². The largest absolute Gasteiger partial charge is 0.311 e. The molecule has 24 heavy (non-hydrogen) atoms. The van der Waals surface area contributed by atoms with E-state index < -0.39 is 0 Å². The number of aryl methyl sites for hydroxylation is 2. The Kier molecular flexibility index (Phi) is 4.34. The molecule has 0 aliphatic carbocycles. The number of hydrogen-bond donors (Lipinski definition) is 0. The summed E-state index contributed by atoms with van der Waals surface area (Å²) >= 11 is 0. The summed E-state index contributed by atoms with van der Waals surface area (Å²) in [7, 11) is 0. The van der Waals surface area contributed by atoms with E-state index in [4.69, 9.17) is 5.26 Å². The molecule has 0 amide bonds. The summed E-state index contributed by atoms with van der Waals surface area (Å²) in [5.41, 5.74) is 2.87. The molecule has 0 N–H and O–H groups in total. The first kappa shape index (κ1) is 15.8. The Morgan fingerprint density at radius 2 is 2.17 bits per heavy atom. The Bertz CT molecular complexity index is 855. The Morgan fingerprint density at radius 1 is 1.33 bits per heavy atom. The molecule has 2 aromatic rings. The molecule has 0 saturated carbocycles. The first-order chi connectivity index (χ1) is 11.7. The Morgan fingerprint density at radius 3 is 2.83 bits per heavy atom. The average Bonchev–Trinajstić information content (AvgIpc) is 2.65. The maximum absolute atomic E-state index is 11.2. The van der Waals surface area contributed by atoms with Gasteiger partial charge in [0.2, 0.25) is 0 Å². The maximum atomic E-state index is 11.2. The van der Waals surface area contributed by atoms with Crippen LogP contribution in [0.25, 0.3) is 0 Å². The van der Waals surface area contributed by atoms with Crippen LogP contribution in [0.3, 0.4) is 0 Å². The molecule has 0 radical (unpaired) electrons. The quantitative estimate of drug-likeness (QED) is 0.805. The minimum atomic E-state index is 0.139. The number of nitriles is 1. The molecule has 0 atom stereocenters. The molecule has 3 heterocycles. The number of nitrogens with zero attached hydrogens (tertiary/aromatic N) is 4. The van der Waals surface area contributed by atoms with Crippen LogP contribution in [0.5, 0.6) is 0 Å². The topological polar surface area (TPSA) is 87.0 Å². The molecule has 1 aliphatic heterocycles. The molecule has 6 nitrogen and oxygen atoms in total. The predicted molar refractivity (Wildman–Crippen MR) is 88.7 cm³/mol. The van der Waals surface area contributed by atoms with Gasteiger partial charge in [0, 0.05) is 18.3 Å². The highest BCUT2D eigenvalue weighted by molar-refractivity contribution is 5.90. The van der Waals surface area contributed by atoms with Crippen LogP contribution in [0.15, 0.2) is 18.3 Å². The zero-order valence-corrected chi connectivity index (χ0v) is 13.3. The van der Waals surface area contributed by atoms with Crippen LogP contribution in [0.4, 0.5) is 11.6 Å². The first-order valence-corrected chi connectivity index (χ1v) is 7.82. The van der Waals surface area contributed by atoms with E-state index in [-0.39, 0.29) is 5.69 Å². The number of rotatable bonds is 4. The standard InChI is InChI=1S/C18H16N4O2/c1-2-12-7-17(20-9-15(12)8-19)22-5-3-4-13-6-14(10-23)16(11-24)21-18(13)22/h6-7,9-11H,2-5H2,1H3. The third-order valence-electron chi connectivity index (χ3n) is 4.21. The average molecular weight is 320 g/mol. The van der Waals surface area contributed by atoms with Crippen LogP contribution in [0.1, 0.15) is 50.9 Å². The van der Waals surface area contributed by atoms with E-state index in [1.54, 1.807) is 12.3 Å². The third-order valence-corrected chi connectivity index (χ3v) is 4.21. The number of hydrogen-bond acceptors (Lipinski definition) is 6. The number of aromatic nitrogens is 2. The second-order valence-electron chi connectivity index (χ2n) is 5.60. The minimum Gasteiger partial charge on any atom is -0.311 e. The first-order valence-electron chi connectivity index (χ1n) is 7.82. The zero-order chi connectivity index (χ0) is 17.1. The van der Waals surface area contributed by atoms with Crippen molar-refractivity contribution in [2.24, 2.45) is 0 Å². The predicted octanol–water partition coefficient (Wildman–Crippen LogP) is 2.62. The van der Waals surface area contributed by atoms with Crippen LogP contribution >= 0.6 is 0 Å². The molecule has 3 rings (SSSR count). The van der Waals surface area contributed by atoms with Crippen molar-refractivity contribution in [2.45, 2.75) is 26.2 Å². The number of pyridine rings is 2. The lowest BCUT2D eigenvalue weighted by atomic mass is 10.0. The van der Waals surface area contributed by atoms with Crippen molar-refractivity contribution in [2.75, 3.05) is 11.4 Å². The normalized spacial score (nSPS) is 13.1. The lowest BCUT2D eigenvalue weighted by Crippen LogP contribution is -2.27. The van der Waals surface area contributed by atoms with E-state index in [1.807, 2.05) is 17.9 Å². The van der Waals surface area contributed by atoms with Crippen molar-refractivity contribution in [1.82, 2.24) is 9.97 Å². The van der Waals surface area contributed by atoms with Gasteiger partial charge in [-0.2, -0.15) is 5.26 Å². The van der Waals surface area contributed by atoms with Crippen LogP contribution in [0.2, 0.25) is 0 Å². The molecule has 0 unspecified atom stereocenters. The van der Waals surface area contributed by atoms with Gasteiger partial charge in [-0.15, -0.1) is 0 Å². The highest BCUT2D eigenvalue weighted by Gasteiger charge is 2.23. The lowest BCUT2D eigenvalue weighted by molar-refractivity contribution is 0.109. The fourth-order valence-corrected chi connectivity index (χ4v) is 2.96. The summed E-state index contributed by atoms with van der Waals surface area (Å²) in [4.78, 5) is 33.0. The van der Waals surface area contributed by atoms with Crippen molar-refractivity contribution in [1.29, 1.82) is 5.26 Å². The van der Waals surface area contributed by atoms with Crippen molar-refractivity contribution < 1.29 is 9.59 Å². The van der Waals surface area contributed by atoms with Crippen molar-refractivity contribution >= 4 is 24.2 Å². The van der Waals surface area contributed by atoms with Crippen LogP contribution in [0, 0.1) is 11.3 Å². The molecule has 1 aliphatic rings. The van der Waals surface area contributed by atoms with E-state index in [9.17, 15) is 9.59 Å². The summed E-state index contributed by atoms with van der Waals surface area (Å²) in [6.07, 6.45) is 5.26. The van der Waals surface area contributed by atoms with Gasteiger partial charge >= 0.3 is 0 Å². The van der Waals surface area contributed by atoms with Gasteiger partial charge in [0.1, 0.15) is 23.4 Å². The molecular weight excluding hydrogens is 304 g/mol. The van der Waals surface area contributed by atoms with Crippen molar-refractivity contribution in [3.8, 4) is 6.07 Å². The molecule has 120 valence electrons. The third kappa shape index (κ3) is 2.65. The van der Waals surface area contributed by atoms with E-state index in [2.05, 4.69) is 16.0 Å². The van der Waals surface area contributed by atoms with Crippen molar-refractivity contribution in [3.63, 3.8) is 0 Å². The Labute approximate surface area is 139 Å². The van der Waals surface area contributed by atoms with Gasteiger partial charge in [0.25, 0.3) is 0 Å². The van der Waals surface area contributed by atoms with E-state index in [1.165, 1.54) is 0 Å². The summed E-state index contributed by atoms with van der Waals surface area (Å²) in [5, 5.41) is 9.15. The van der Waals surface area contributed by atoms with Crippen LogP contribution in [-0.2, 0) is 12.8 Å². The smallest absolute Gasteiger partial charge is 0.169 e. The number of carbonyl (C=O) groups excluding carboxylic acids is 2. The van der Waals surface area contributed by atoms with Crippen molar-refractivity contribution in [3.05, 3.63) is 46.3 Å². The molecule has 0 fully saturated rings. The van der Waals surface area contributed by atoms with Gasteiger partial charge in [0.05, 0.1) is 5.56 Å². The number of aldehydes is 2. The van der Waals surface area contributed by atoms with E-state index in [0.717, 1.165) is 36.9 Å². The summed E-state index contributed by atoms with van der Waals surface area (Å²) in [5.74, 6) is 1.36. The van der Waals surface area contributed by atoms with Gasteiger partial charge in [-0.25, -0.2) is 9.97 Å².